The van der Waals surface area contributed by atoms with Crippen molar-refractivity contribution in [1.29, 1.82) is 0 Å². The van der Waals surface area contributed by atoms with E-state index in [0.717, 1.165) is 21.9 Å². The molecular formula is C30H30N2O4S. The molecule has 0 radical (unpaired) electrons. The van der Waals surface area contributed by atoms with Crippen LogP contribution in [0.5, 0.6) is 5.75 Å². The van der Waals surface area contributed by atoms with Crippen LogP contribution in [-0.2, 0) is 26.8 Å². The summed E-state index contributed by atoms with van der Waals surface area (Å²) in [5.41, 5.74) is 2.20. The molecule has 1 amide bonds. The summed E-state index contributed by atoms with van der Waals surface area (Å²) in [6, 6.07) is 27.7. The van der Waals surface area contributed by atoms with Gasteiger partial charge in [0.1, 0.15) is 5.75 Å². The summed E-state index contributed by atoms with van der Waals surface area (Å²) in [5, 5.41) is 5.10. The van der Waals surface area contributed by atoms with Gasteiger partial charge in [0.05, 0.1) is 17.1 Å². The van der Waals surface area contributed by atoms with E-state index >= 15 is 0 Å². The SMILES string of the molecule is CC(C)(C)c1ccc2c(c1)N(S(=O)(=O)c1ccccc1)C[C@H](C(=O)NCc1cccc3ccccc13)O2. The Morgan fingerprint density at radius 2 is 1.65 bits per heavy atom. The van der Waals surface area contributed by atoms with Crippen molar-refractivity contribution in [3.63, 3.8) is 0 Å². The van der Waals surface area contributed by atoms with E-state index in [1.54, 1.807) is 36.4 Å². The molecule has 5 rings (SSSR count). The molecule has 1 N–H and O–H groups in total. The first kappa shape index (κ1) is 24.8. The lowest BCUT2D eigenvalue weighted by Gasteiger charge is -2.36. The van der Waals surface area contributed by atoms with Gasteiger partial charge in [-0.05, 0) is 51.6 Å². The highest BCUT2D eigenvalue weighted by molar-refractivity contribution is 7.92. The second-order valence-electron chi connectivity index (χ2n) is 10.2. The minimum atomic E-state index is -3.93. The molecule has 0 saturated heterocycles. The maximum Gasteiger partial charge on any atom is 0.264 e. The molecule has 1 heterocycles. The molecule has 0 unspecified atom stereocenters. The minimum absolute atomic E-state index is 0.126. The number of nitrogens with one attached hydrogen (secondary N) is 1. The second-order valence-corrected chi connectivity index (χ2v) is 12.1. The molecule has 1 aliphatic rings. The maximum absolute atomic E-state index is 13.7. The monoisotopic (exact) mass is 514 g/mol. The van der Waals surface area contributed by atoms with E-state index in [1.807, 2.05) is 54.6 Å². The molecule has 0 spiro atoms. The van der Waals surface area contributed by atoms with Gasteiger partial charge >= 0.3 is 0 Å². The topological polar surface area (TPSA) is 75.7 Å². The Balaban J connectivity index is 1.46. The number of sulfonamides is 1. The largest absolute Gasteiger partial charge is 0.476 e. The van der Waals surface area contributed by atoms with Crippen molar-refractivity contribution >= 4 is 32.4 Å². The predicted octanol–water partition coefficient (Wildman–Crippen LogP) is 5.41. The molecule has 4 aromatic carbocycles. The minimum Gasteiger partial charge on any atom is -0.476 e. The molecule has 0 aromatic heterocycles. The van der Waals surface area contributed by atoms with Gasteiger partial charge in [0, 0.05) is 6.54 Å². The molecule has 0 bridgehead atoms. The number of nitrogens with zero attached hydrogens (tertiary/aromatic N) is 1. The zero-order chi connectivity index (χ0) is 26.2. The first-order valence-corrected chi connectivity index (χ1v) is 13.7. The van der Waals surface area contributed by atoms with Gasteiger partial charge in [-0.25, -0.2) is 8.42 Å². The first-order valence-electron chi connectivity index (χ1n) is 12.3. The van der Waals surface area contributed by atoms with Crippen LogP contribution >= 0.6 is 0 Å². The molecule has 190 valence electrons. The molecule has 6 nitrogen and oxygen atoms in total. The van der Waals surface area contributed by atoms with Crippen molar-refractivity contribution in [2.75, 3.05) is 10.8 Å². The van der Waals surface area contributed by atoms with Gasteiger partial charge in [0.25, 0.3) is 15.9 Å². The van der Waals surface area contributed by atoms with Crippen molar-refractivity contribution in [2.24, 2.45) is 0 Å². The summed E-state index contributed by atoms with van der Waals surface area (Å²) in [6.07, 6.45) is -0.999. The van der Waals surface area contributed by atoms with Crippen LogP contribution < -0.4 is 14.4 Å². The molecule has 1 aliphatic heterocycles. The van der Waals surface area contributed by atoms with E-state index in [9.17, 15) is 13.2 Å². The third-order valence-electron chi connectivity index (χ3n) is 6.65. The Hall–Kier alpha value is -3.84. The smallest absolute Gasteiger partial charge is 0.264 e. The normalized spacial score (nSPS) is 15.6. The van der Waals surface area contributed by atoms with Crippen LogP contribution in [0.3, 0.4) is 0 Å². The molecule has 0 fully saturated rings. The highest BCUT2D eigenvalue weighted by Crippen LogP contribution is 2.40. The van der Waals surface area contributed by atoms with Crippen LogP contribution in [0.2, 0.25) is 0 Å². The zero-order valence-electron chi connectivity index (χ0n) is 21.1. The predicted molar refractivity (Wildman–Crippen MR) is 146 cm³/mol. The fraction of sp³-hybridized carbons (Fsp3) is 0.233. The average molecular weight is 515 g/mol. The highest BCUT2D eigenvalue weighted by Gasteiger charge is 2.38. The molecule has 37 heavy (non-hydrogen) atoms. The Bertz CT molecular complexity index is 1550. The van der Waals surface area contributed by atoms with Crippen LogP contribution in [0.4, 0.5) is 5.69 Å². The maximum atomic E-state index is 13.7. The summed E-state index contributed by atoms with van der Waals surface area (Å²) < 4.78 is 34.9. The van der Waals surface area contributed by atoms with E-state index in [4.69, 9.17) is 4.74 Å². The highest BCUT2D eigenvalue weighted by atomic mass is 32.2. The van der Waals surface area contributed by atoms with Gasteiger partial charge < -0.3 is 10.1 Å². The van der Waals surface area contributed by atoms with E-state index in [1.165, 1.54) is 4.31 Å². The number of benzene rings is 4. The number of carbonyl (C=O) groups is 1. The van der Waals surface area contributed by atoms with Crippen molar-refractivity contribution < 1.29 is 17.9 Å². The van der Waals surface area contributed by atoms with Crippen LogP contribution in [0, 0.1) is 0 Å². The quantitative estimate of drug-likeness (QED) is 0.386. The zero-order valence-corrected chi connectivity index (χ0v) is 22.0. The molecule has 0 saturated carbocycles. The van der Waals surface area contributed by atoms with Gasteiger partial charge in [-0.3, -0.25) is 9.10 Å². The molecule has 0 aliphatic carbocycles. The number of hydrogen-bond acceptors (Lipinski definition) is 4. The van der Waals surface area contributed by atoms with Crippen molar-refractivity contribution in [3.8, 4) is 5.75 Å². The van der Waals surface area contributed by atoms with Crippen molar-refractivity contribution in [1.82, 2.24) is 5.32 Å². The van der Waals surface area contributed by atoms with Crippen molar-refractivity contribution in [3.05, 3.63) is 102 Å². The average Bonchev–Trinajstić information content (AvgIpc) is 2.90. The number of anilines is 1. The standard InChI is InChI=1S/C30H30N2O4S/c1-30(2,3)23-16-17-27-26(18-23)32(37(34,35)24-13-5-4-6-14-24)20-28(36-27)29(33)31-19-22-12-9-11-21-10-7-8-15-25(21)22/h4-18,28H,19-20H2,1-3H3,(H,31,33)/t28-/m1/s1. The van der Waals surface area contributed by atoms with Crippen LogP contribution in [0.1, 0.15) is 31.9 Å². The summed E-state index contributed by atoms with van der Waals surface area (Å²) in [5.74, 6) is -0.00388. The number of fused-ring (bicyclic) bond motifs is 2. The third kappa shape index (κ3) is 4.91. The number of hydrogen-bond donors (Lipinski definition) is 1. The number of amides is 1. The number of ether oxygens (including phenoxy) is 1. The Morgan fingerprint density at radius 3 is 2.41 bits per heavy atom. The lowest BCUT2D eigenvalue weighted by Crippen LogP contribution is -2.50. The van der Waals surface area contributed by atoms with Gasteiger partial charge in [0.15, 0.2) is 6.10 Å². The second kappa shape index (κ2) is 9.56. The van der Waals surface area contributed by atoms with Crippen LogP contribution in [0.25, 0.3) is 10.8 Å². The molecule has 1 atom stereocenters. The Morgan fingerprint density at radius 1 is 0.946 bits per heavy atom. The molecule has 4 aromatic rings. The first-order chi connectivity index (χ1) is 17.6. The van der Waals surface area contributed by atoms with Crippen LogP contribution in [0.15, 0.2) is 95.9 Å². The molecular weight excluding hydrogens is 484 g/mol. The molecule has 7 heteroatoms. The lowest BCUT2D eigenvalue weighted by molar-refractivity contribution is -0.127. The van der Waals surface area contributed by atoms with E-state index in [2.05, 4.69) is 26.1 Å². The van der Waals surface area contributed by atoms with Gasteiger partial charge in [-0.15, -0.1) is 0 Å². The van der Waals surface area contributed by atoms with Gasteiger partial charge in [0.2, 0.25) is 0 Å². The van der Waals surface area contributed by atoms with E-state index < -0.39 is 16.1 Å². The number of rotatable bonds is 5. The Labute approximate surface area is 217 Å². The number of carbonyl (C=O) groups excluding carboxylic acids is 1. The van der Waals surface area contributed by atoms with E-state index in [0.29, 0.717) is 18.0 Å². The fourth-order valence-corrected chi connectivity index (χ4v) is 6.03. The van der Waals surface area contributed by atoms with E-state index in [-0.39, 0.29) is 22.8 Å². The van der Waals surface area contributed by atoms with Gasteiger partial charge in [-0.2, -0.15) is 0 Å². The lowest BCUT2D eigenvalue weighted by atomic mass is 9.86. The third-order valence-corrected chi connectivity index (χ3v) is 8.45. The summed E-state index contributed by atoms with van der Waals surface area (Å²) in [6.45, 7) is 6.38. The van der Waals surface area contributed by atoms with Crippen LogP contribution in [-0.4, -0.2) is 27.0 Å². The summed E-state index contributed by atoms with van der Waals surface area (Å²) in [4.78, 5) is 13.5. The summed E-state index contributed by atoms with van der Waals surface area (Å²) >= 11 is 0. The van der Waals surface area contributed by atoms with Crippen molar-refractivity contribution in [2.45, 2.75) is 43.7 Å². The van der Waals surface area contributed by atoms with Gasteiger partial charge in [-0.1, -0.05) is 87.5 Å². The Kier molecular flexibility index (Phi) is 6.42. The fourth-order valence-electron chi connectivity index (χ4n) is 4.54. The summed E-state index contributed by atoms with van der Waals surface area (Å²) in [7, 11) is -3.93.